The molecule has 0 unspecified atom stereocenters. The Hall–Kier alpha value is -3.14. The van der Waals surface area contributed by atoms with Gasteiger partial charge in [-0.05, 0) is 23.8 Å². The molecule has 2 aromatic carbocycles. The number of nitrogens with zero attached hydrogens (tertiary/aromatic N) is 2. The van der Waals surface area contributed by atoms with Crippen LogP contribution in [0.2, 0.25) is 0 Å². The number of imidazole rings is 1. The van der Waals surface area contributed by atoms with Gasteiger partial charge in [0.05, 0.1) is 7.11 Å². The molecule has 4 heteroatoms. The predicted octanol–water partition coefficient (Wildman–Crippen LogP) is 3.91. The highest BCUT2D eigenvalue weighted by Gasteiger charge is 2.09. The maximum Gasteiger partial charge on any atom is 0.256 e. The van der Waals surface area contributed by atoms with Gasteiger partial charge in [0, 0.05) is 24.0 Å². The summed E-state index contributed by atoms with van der Waals surface area (Å²) in [5.41, 5.74) is 1.84. The number of hydrogen-bond acceptors (Lipinski definition) is 3. The summed E-state index contributed by atoms with van der Waals surface area (Å²) in [6.07, 6.45) is 6.61. The van der Waals surface area contributed by atoms with Crippen LogP contribution in [0.15, 0.2) is 73.1 Å². The first kappa shape index (κ1) is 14.8. The smallest absolute Gasteiger partial charge is 0.256 e. The van der Waals surface area contributed by atoms with E-state index in [-0.39, 0.29) is 5.91 Å². The average molecular weight is 304 g/mol. The van der Waals surface area contributed by atoms with Gasteiger partial charge < -0.3 is 4.74 Å². The van der Waals surface area contributed by atoms with Crippen LogP contribution in [-0.2, 0) is 0 Å². The number of carbonyl (C=O) groups is 1. The summed E-state index contributed by atoms with van der Waals surface area (Å²) in [5, 5.41) is 0. The maximum atomic E-state index is 12.4. The van der Waals surface area contributed by atoms with Gasteiger partial charge in [-0.25, -0.2) is 4.98 Å². The summed E-state index contributed by atoms with van der Waals surface area (Å²) in [5.74, 6) is 1.28. The molecular formula is C19H16N2O2. The summed E-state index contributed by atoms with van der Waals surface area (Å²) in [4.78, 5) is 16.7. The highest BCUT2D eigenvalue weighted by Crippen LogP contribution is 2.17. The van der Waals surface area contributed by atoms with Crippen molar-refractivity contribution in [1.82, 2.24) is 9.55 Å². The first-order valence-corrected chi connectivity index (χ1v) is 7.23. The molecule has 0 saturated heterocycles. The van der Waals surface area contributed by atoms with Crippen LogP contribution in [0.5, 0.6) is 5.75 Å². The van der Waals surface area contributed by atoms with Crippen LogP contribution in [0.25, 0.3) is 17.5 Å². The van der Waals surface area contributed by atoms with Crippen molar-refractivity contribution in [2.75, 3.05) is 7.11 Å². The van der Waals surface area contributed by atoms with Crippen molar-refractivity contribution in [2.45, 2.75) is 0 Å². The highest BCUT2D eigenvalue weighted by atomic mass is 16.5. The molecule has 0 aliphatic carbocycles. The second kappa shape index (κ2) is 6.75. The molecule has 3 rings (SSSR count). The van der Waals surface area contributed by atoms with Gasteiger partial charge in [-0.3, -0.25) is 9.36 Å². The normalized spacial score (nSPS) is 10.8. The van der Waals surface area contributed by atoms with Crippen LogP contribution in [0.4, 0.5) is 0 Å². The van der Waals surface area contributed by atoms with Crippen LogP contribution in [-0.4, -0.2) is 22.6 Å². The van der Waals surface area contributed by atoms with Crippen molar-refractivity contribution < 1.29 is 9.53 Å². The largest absolute Gasteiger partial charge is 0.497 e. The van der Waals surface area contributed by atoms with E-state index in [1.54, 1.807) is 25.6 Å². The minimum Gasteiger partial charge on any atom is -0.497 e. The van der Waals surface area contributed by atoms with Gasteiger partial charge in [-0.1, -0.05) is 42.5 Å². The number of carbonyl (C=O) groups excluding carboxylic acids is 1. The van der Waals surface area contributed by atoms with Crippen molar-refractivity contribution in [1.29, 1.82) is 0 Å². The molecule has 114 valence electrons. The van der Waals surface area contributed by atoms with Gasteiger partial charge in [0.15, 0.2) is 0 Å². The van der Waals surface area contributed by atoms with E-state index in [0.717, 1.165) is 16.9 Å². The Bertz CT molecular complexity index is 818. The molecule has 0 bridgehead atoms. The zero-order valence-corrected chi connectivity index (χ0v) is 12.7. The van der Waals surface area contributed by atoms with Crippen LogP contribution in [0.1, 0.15) is 10.4 Å². The second-order valence-corrected chi connectivity index (χ2v) is 4.93. The van der Waals surface area contributed by atoms with E-state index in [0.29, 0.717) is 5.82 Å². The molecule has 0 N–H and O–H groups in total. The first-order valence-electron chi connectivity index (χ1n) is 7.23. The molecule has 0 spiro atoms. The van der Waals surface area contributed by atoms with E-state index in [9.17, 15) is 4.79 Å². The molecule has 3 aromatic rings. The van der Waals surface area contributed by atoms with Gasteiger partial charge in [-0.15, -0.1) is 0 Å². The Morgan fingerprint density at radius 2 is 1.83 bits per heavy atom. The Labute approximate surface area is 134 Å². The van der Waals surface area contributed by atoms with Gasteiger partial charge in [0.25, 0.3) is 5.91 Å². The monoisotopic (exact) mass is 304 g/mol. The second-order valence-electron chi connectivity index (χ2n) is 4.93. The maximum absolute atomic E-state index is 12.4. The average Bonchev–Trinajstić information content (AvgIpc) is 3.11. The lowest BCUT2D eigenvalue weighted by Gasteiger charge is -2.04. The van der Waals surface area contributed by atoms with E-state index < -0.39 is 0 Å². The minimum absolute atomic E-state index is 0.142. The fourth-order valence-corrected chi connectivity index (χ4v) is 2.24. The topological polar surface area (TPSA) is 44.1 Å². The Morgan fingerprint density at radius 3 is 2.52 bits per heavy atom. The summed E-state index contributed by atoms with van der Waals surface area (Å²) in [6.45, 7) is 0. The number of allylic oxidation sites excluding steroid dienone is 1. The third-order valence-electron chi connectivity index (χ3n) is 3.44. The van der Waals surface area contributed by atoms with Crippen molar-refractivity contribution >= 4 is 12.0 Å². The van der Waals surface area contributed by atoms with Crippen LogP contribution >= 0.6 is 0 Å². The van der Waals surface area contributed by atoms with E-state index in [1.807, 2.05) is 54.6 Å². The van der Waals surface area contributed by atoms with Crippen molar-refractivity contribution in [3.05, 3.63) is 78.6 Å². The summed E-state index contributed by atoms with van der Waals surface area (Å²) >= 11 is 0. The number of benzene rings is 2. The summed E-state index contributed by atoms with van der Waals surface area (Å²) in [7, 11) is 1.62. The van der Waals surface area contributed by atoms with Gasteiger partial charge in [0.2, 0.25) is 0 Å². The predicted molar refractivity (Wildman–Crippen MR) is 90.3 cm³/mol. The van der Waals surface area contributed by atoms with Gasteiger partial charge >= 0.3 is 0 Å². The molecule has 0 aliphatic heterocycles. The highest BCUT2D eigenvalue weighted by molar-refractivity contribution is 5.95. The molecule has 0 amide bonds. The Kier molecular flexibility index (Phi) is 4.34. The minimum atomic E-state index is -0.142. The number of methoxy groups -OCH3 is 1. The third-order valence-corrected chi connectivity index (χ3v) is 3.44. The lowest BCUT2D eigenvalue weighted by atomic mass is 10.2. The lowest BCUT2D eigenvalue weighted by Crippen LogP contribution is -2.07. The number of hydrogen-bond donors (Lipinski definition) is 0. The Balaban J connectivity index is 1.81. The number of aromatic nitrogens is 2. The quantitative estimate of drug-likeness (QED) is 0.686. The zero-order chi connectivity index (χ0) is 16.1. The van der Waals surface area contributed by atoms with E-state index >= 15 is 0 Å². The molecule has 4 nitrogen and oxygen atoms in total. The third kappa shape index (κ3) is 3.37. The summed E-state index contributed by atoms with van der Waals surface area (Å²) in [6, 6.07) is 17.1. The lowest BCUT2D eigenvalue weighted by molar-refractivity contribution is 0.0971. The number of ether oxygens (including phenoxy) is 1. The summed E-state index contributed by atoms with van der Waals surface area (Å²) < 4.78 is 6.65. The molecule has 23 heavy (non-hydrogen) atoms. The van der Waals surface area contributed by atoms with Crippen molar-refractivity contribution in [3.63, 3.8) is 0 Å². The van der Waals surface area contributed by atoms with Crippen LogP contribution < -0.4 is 4.74 Å². The van der Waals surface area contributed by atoms with Crippen molar-refractivity contribution in [2.24, 2.45) is 0 Å². The van der Waals surface area contributed by atoms with Crippen LogP contribution in [0.3, 0.4) is 0 Å². The zero-order valence-electron chi connectivity index (χ0n) is 12.7. The van der Waals surface area contributed by atoms with E-state index in [4.69, 9.17) is 4.74 Å². The fourth-order valence-electron chi connectivity index (χ4n) is 2.24. The molecule has 0 atom stereocenters. The molecule has 1 aromatic heterocycles. The van der Waals surface area contributed by atoms with E-state index in [1.165, 1.54) is 10.6 Å². The molecule has 0 fully saturated rings. The first-order chi connectivity index (χ1) is 11.3. The van der Waals surface area contributed by atoms with Crippen molar-refractivity contribution in [3.8, 4) is 17.1 Å². The van der Waals surface area contributed by atoms with Gasteiger partial charge in [-0.2, -0.15) is 0 Å². The molecule has 1 heterocycles. The van der Waals surface area contributed by atoms with Gasteiger partial charge in [0.1, 0.15) is 11.6 Å². The van der Waals surface area contributed by atoms with E-state index in [2.05, 4.69) is 4.98 Å². The van der Waals surface area contributed by atoms with Crippen LogP contribution in [0, 0.1) is 0 Å². The molecule has 0 radical (unpaired) electrons. The molecule has 0 saturated carbocycles. The molecular weight excluding hydrogens is 288 g/mol. The Morgan fingerprint density at radius 1 is 1.09 bits per heavy atom. The molecule has 0 aliphatic rings. The fraction of sp³-hybridized carbons (Fsp3) is 0.0526. The SMILES string of the molecule is COc1ccc(/C=C/C(=O)n2ccnc2-c2ccccc2)cc1. The number of rotatable bonds is 4. The standard InChI is InChI=1S/C19H16N2O2/c1-23-17-10-7-15(8-11-17)9-12-18(22)21-14-13-20-19(21)16-5-3-2-4-6-16/h2-14H,1H3/b12-9+.